The van der Waals surface area contributed by atoms with Crippen molar-refractivity contribution in [3.05, 3.63) is 77.5 Å². The first-order valence-corrected chi connectivity index (χ1v) is 9.19. The number of furan rings is 1. The van der Waals surface area contributed by atoms with Crippen LogP contribution in [0.15, 0.2) is 65.1 Å². The molecular weight excluding hydrogens is 334 g/mol. The van der Waals surface area contributed by atoms with Crippen LogP contribution < -0.4 is 0 Å². The van der Waals surface area contributed by atoms with E-state index < -0.39 is 0 Å². The van der Waals surface area contributed by atoms with Gasteiger partial charge < -0.3 is 4.42 Å². The molecule has 0 saturated heterocycles. The van der Waals surface area contributed by atoms with Gasteiger partial charge in [-0.25, -0.2) is 4.98 Å². The molecule has 2 aromatic carbocycles. The van der Waals surface area contributed by atoms with Crippen molar-refractivity contribution < 1.29 is 9.21 Å². The van der Waals surface area contributed by atoms with Gasteiger partial charge in [0.05, 0.1) is 0 Å². The Labute approximate surface area is 159 Å². The van der Waals surface area contributed by atoms with E-state index in [4.69, 9.17) is 4.42 Å². The molecule has 3 heteroatoms. The van der Waals surface area contributed by atoms with Crippen LogP contribution in [0.5, 0.6) is 0 Å². The first-order chi connectivity index (χ1) is 13.2. The van der Waals surface area contributed by atoms with Gasteiger partial charge in [-0.15, -0.1) is 0 Å². The quantitative estimate of drug-likeness (QED) is 0.387. The van der Waals surface area contributed by atoms with E-state index in [2.05, 4.69) is 36.2 Å². The lowest BCUT2D eigenvalue weighted by atomic mass is 9.95. The average molecular weight is 357 g/mol. The maximum absolute atomic E-state index is 11.0. The number of aromatic nitrogens is 1. The van der Waals surface area contributed by atoms with E-state index in [0.29, 0.717) is 11.2 Å². The Kier molecular flexibility index (Phi) is 5.51. The van der Waals surface area contributed by atoms with Crippen LogP contribution in [0, 0.1) is 13.8 Å². The highest BCUT2D eigenvalue weighted by atomic mass is 16.3. The lowest BCUT2D eigenvalue weighted by Crippen LogP contribution is -1.87. The molecule has 136 valence electrons. The number of rotatable bonds is 3. The second-order valence-corrected chi connectivity index (χ2v) is 6.15. The highest BCUT2D eigenvalue weighted by Crippen LogP contribution is 2.35. The van der Waals surface area contributed by atoms with Crippen LogP contribution in [0.2, 0.25) is 0 Å². The van der Waals surface area contributed by atoms with Gasteiger partial charge in [-0.3, -0.25) is 4.79 Å². The molecule has 27 heavy (non-hydrogen) atoms. The molecule has 4 aromatic rings. The van der Waals surface area contributed by atoms with Crippen molar-refractivity contribution in [2.24, 2.45) is 0 Å². The van der Waals surface area contributed by atoms with Gasteiger partial charge in [-0.1, -0.05) is 62.4 Å². The number of hydrogen-bond donors (Lipinski definition) is 0. The fraction of sp³-hybridized carbons (Fsp3) is 0.167. The van der Waals surface area contributed by atoms with E-state index >= 15 is 0 Å². The summed E-state index contributed by atoms with van der Waals surface area (Å²) in [5.74, 6) is 0.768. The molecule has 0 fully saturated rings. The lowest BCUT2D eigenvalue weighted by Gasteiger charge is -2.10. The van der Waals surface area contributed by atoms with Crippen LogP contribution in [-0.4, -0.2) is 11.3 Å². The molecule has 0 atom stereocenters. The van der Waals surface area contributed by atoms with E-state index in [9.17, 15) is 4.79 Å². The van der Waals surface area contributed by atoms with Crippen molar-refractivity contribution >= 4 is 17.4 Å². The zero-order valence-corrected chi connectivity index (χ0v) is 16.1. The fourth-order valence-corrected chi connectivity index (χ4v) is 3.23. The Morgan fingerprint density at radius 2 is 1.59 bits per heavy atom. The largest absolute Gasteiger partial charge is 0.454 e. The van der Waals surface area contributed by atoms with Crippen molar-refractivity contribution in [1.29, 1.82) is 0 Å². The Morgan fingerprint density at radius 1 is 0.889 bits per heavy atom. The summed E-state index contributed by atoms with van der Waals surface area (Å²) in [6, 6.07) is 20.2. The van der Waals surface area contributed by atoms with Gasteiger partial charge >= 0.3 is 0 Å². The van der Waals surface area contributed by atoms with Gasteiger partial charge in [0.15, 0.2) is 11.9 Å². The second kappa shape index (κ2) is 8.00. The summed E-state index contributed by atoms with van der Waals surface area (Å²) in [6.07, 6.45) is 0.764. The van der Waals surface area contributed by atoms with Crippen molar-refractivity contribution in [2.75, 3.05) is 0 Å². The first kappa shape index (κ1) is 18.6. The molecule has 0 radical (unpaired) electrons. The second-order valence-electron chi connectivity index (χ2n) is 6.15. The molecule has 4 rings (SSSR count). The zero-order chi connectivity index (χ0) is 19.4. The maximum Gasteiger partial charge on any atom is 0.168 e. The summed E-state index contributed by atoms with van der Waals surface area (Å²) in [7, 11) is 0. The number of aryl methyl sites for hydroxylation is 1. The summed E-state index contributed by atoms with van der Waals surface area (Å²) >= 11 is 0. The molecular formula is C24H23NO2. The normalized spacial score (nSPS) is 10.4. The highest BCUT2D eigenvalue weighted by Gasteiger charge is 2.14. The summed E-state index contributed by atoms with van der Waals surface area (Å²) in [5, 5.41) is 0. The Bertz CT molecular complexity index is 1080. The fourth-order valence-electron chi connectivity index (χ4n) is 3.23. The number of nitrogens with zero attached hydrogens (tertiary/aromatic N) is 1. The highest BCUT2D eigenvalue weighted by molar-refractivity contribution is 5.87. The van der Waals surface area contributed by atoms with Gasteiger partial charge in [0.2, 0.25) is 0 Å². The number of carbonyl (C=O) groups is 1. The van der Waals surface area contributed by atoms with Crippen molar-refractivity contribution in [3.8, 4) is 22.5 Å². The Balaban J connectivity index is 0.00000102. The van der Waals surface area contributed by atoms with Gasteiger partial charge in [0, 0.05) is 11.6 Å². The lowest BCUT2D eigenvalue weighted by molar-refractivity contribution is 0.111. The summed E-state index contributed by atoms with van der Waals surface area (Å²) in [5.41, 5.74) is 7.31. The molecule has 0 spiro atoms. The predicted octanol–water partition coefficient (Wildman–Crippen LogP) is 6.62. The van der Waals surface area contributed by atoms with Gasteiger partial charge in [-0.2, -0.15) is 0 Å². The van der Waals surface area contributed by atoms with Crippen LogP contribution in [0.25, 0.3) is 33.6 Å². The van der Waals surface area contributed by atoms with E-state index in [0.717, 1.165) is 34.3 Å². The maximum atomic E-state index is 11.0. The summed E-state index contributed by atoms with van der Waals surface area (Å²) in [4.78, 5) is 15.4. The number of benzene rings is 2. The van der Waals surface area contributed by atoms with Crippen molar-refractivity contribution in [3.63, 3.8) is 0 Å². The molecule has 0 amide bonds. The first-order valence-electron chi connectivity index (χ1n) is 9.19. The number of aldehydes is 1. The standard InChI is InChI=1S/C22H17NO2.C2H6/c1-14-11-17(13-24)23-20-12-21(25-22(14)20)19-10-6-9-18(15(19)2)16-7-4-3-5-8-16;1-2/h3-13H,1-2H3;1-2H3. The van der Waals surface area contributed by atoms with Crippen LogP contribution in [0.3, 0.4) is 0 Å². The van der Waals surface area contributed by atoms with E-state index in [1.807, 2.05) is 51.1 Å². The van der Waals surface area contributed by atoms with E-state index in [-0.39, 0.29) is 0 Å². The number of carbonyl (C=O) groups excluding carboxylic acids is 1. The monoisotopic (exact) mass is 357 g/mol. The minimum atomic E-state index is 0.423. The molecule has 0 aliphatic carbocycles. The molecule has 0 N–H and O–H groups in total. The smallest absolute Gasteiger partial charge is 0.168 e. The third-order valence-corrected chi connectivity index (χ3v) is 4.49. The Morgan fingerprint density at radius 3 is 2.30 bits per heavy atom. The van der Waals surface area contributed by atoms with Gasteiger partial charge in [0.25, 0.3) is 0 Å². The van der Waals surface area contributed by atoms with E-state index in [1.165, 1.54) is 11.1 Å². The predicted molar refractivity (Wildman–Crippen MR) is 111 cm³/mol. The summed E-state index contributed by atoms with van der Waals surface area (Å²) in [6.45, 7) is 8.03. The summed E-state index contributed by atoms with van der Waals surface area (Å²) < 4.78 is 6.08. The molecule has 0 saturated carbocycles. The van der Waals surface area contributed by atoms with Crippen LogP contribution in [-0.2, 0) is 0 Å². The minimum Gasteiger partial charge on any atom is -0.454 e. The van der Waals surface area contributed by atoms with Crippen LogP contribution in [0.4, 0.5) is 0 Å². The van der Waals surface area contributed by atoms with Gasteiger partial charge in [0.1, 0.15) is 17.0 Å². The third-order valence-electron chi connectivity index (χ3n) is 4.49. The third kappa shape index (κ3) is 3.54. The molecule has 0 aliphatic rings. The SMILES string of the molecule is CC.Cc1c(-c2ccccc2)cccc1-c1cc2nc(C=O)cc(C)c2o1. The molecule has 2 heterocycles. The number of hydrogen-bond acceptors (Lipinski definition) is 3. The van der Waals surface area contributed by atoms with Gasteiger partial charge in [-0.05, 0) is 42.2 Å². The molecule has 0 bridgehead atoms. The molecule has 0 aliphatic heterocycles. The minimum absolute atomic E-state index is 0.423. The number of pyridine rings is 1. The zero-order valence-electron chi connectivity index (χ0n) is 16.1. The van der Waals surface area contributed by atoms with E-state index in [1.54, 1.807) is 6.07 Å². The van der Waals surface area contributed by atoms with Crippen molar-refractivity contribution in [2.45, 2.75) is 27.7 Å². The topological polar surface area (TPSA) is 43.1 Å². The van der Waals surface area contributed by atoms with Crippen LogP contribution in [0.1, 0.15) is 35.5 Å². The van der Waals surface area contributed by atoms with Crippen molar-refractivity contribution in [1.82, 2.24) is 4.98 Å². The molecule has 2 aromatic heterocycles. The van der Waals surface area contributed by atoms with Crippen LogP contribution >= 0.6 is 0 Å². The average Bonchev–Trinajstić information content (AvgIpc) is 3.15. The molecule has 3 nitrogen and oxygen atoms in total. The Hall–Kier alpha value is -3.20. The number of fused-ring (bicyclic) bond motifs is 1. The molecule has 0 unspecified atom stereocenters.